The lowest BCUT2D eigenvalue weighted by Crippen LogP contribution is -2.29. The highest BCUT2D eigenvalue weighted by Gasteiger charge is 2.16. The van der Waals surface area contributed by atoms with Gasteiger partial charge in [0.15, 0.2) is 0 Å². The number of hydrogen-bond acceptors (Lipinski definition) is 7. The number of methoxy groups -OCH3 is 2. The van der Waals surface area contributed by atoms with Crippen molar-refractivity contribution in [2.75, 3.05) is 46.1 Å². The predicted octanol–water partition coefficient (Wildman–Crippen LogP) is 4.85. The minimum Gasteiger partial charge on any atom is -0.496 e. The van der Waals surface area contributed by atoms with Crippen LogP contribution in [0.25, 0.3) is 0 Å². The highest BCUT2D eigenvalue weighted by molar-refractivity contribution is 5.48. The molecule has 2 aliphatic heterocycles. The number of likely N-dealkylation sites (tertiary alicyclic amines) is 2. The van der Waals surface area contributed by atoms with Gasteiger partial charge >= 0.3 is 0 Å². The van der Waals surface area contributed by atoms with Crippen LogP contribution < -0.4 is 15.2 Å². The van der Waals surface area contributed by atoms with Gasteiger partial charge in [0, 0.05) is 42.0 Å². The van der Waals surface area contributed by atoms with Gasteiger partial charge in [-0.15, -0.1) is 0 Å². The van der Waals surface area contributed by atoms with Gasteiger partial charge in [-0.25, -0.2) is 0 Å². The molecule has 186 valence electrons. The van der Waals surface area contributed by atoms with Crippen molar-refractivity contribution >= 4 is 11.4 Å². The zero-order chi connectivity index (χ0) is 24.3. The fraction of sp³-hybridized carbons (Fsp3) is 0.538. The van der Waals surface area contributed by atoms with Crippen LogP contribution in [0.2, 0.25) is 0 Å². The third kappa shape index (κ3) is 7.60. The molecule has 2 aromatic rings. The molecule has 0 saturated carbocycles. The summed E-state index contributed by atoms with van der Waals surface area (Å²) in [6.45, 7) is 6.38. The summed E-state index contributed by atoms with van der Waals surface area (Å²) in [5, 5.41) is 10.7. The molecule has 0 aromatic heterocycles. The van der Waals surface area contributed by atoms with E-state index in [0.29, 0.717) is 5.75 Å². The Balaban J connectivity index is 0.000000192. The summed E-state index contributed by atoms with van der Waals surface area (Å²) in [7, 11) is 3.26. The maximum atomic E-state index is 10.7. The van der Waals surface area contributed by atoms with Gasteiger partial charge in [0.25, 0.3) is 5.69 Å². The van der Waals surface area contributed by atoms with E-state index in [4.69, 9.17) is 15.2 Å². The van der Waals surface area contributed by atoms with Gasteiger partial charge in [0.1, 0.15) is 11.5 Å². The number of ether oxygens (including phenoxy) is 2. The summed E-state index contributed by atoms with van der Waals surface area (Å²) in [5.74, 6) is 1.51. The largest absolute Gasteiger partial charge is 0.496 e. The Hall–Kier alpha value is -2.84. The summed E-state index contributed by atoms with van der Waals surface area (Å²) in [6, 6.07) is 10.8. The van der Waals surface area contributed by atoms with Gasteiger partial charge in [-0.3, -0.25) is 19.9 Å². The number of nitrogen functional groups attached to an aromatic ring is 1. The van der Waals surface area contributed by atoms with Crippen molar-refractivity contribution in [2.24, 2.45) is 0 Å². The average Bonchev–Trinajstić information content (AvgIpc) is 2.87. The number of piperidine rings is 2. The predicted molar refractivity (Wildman–Crippen MR) is 135 cm³/mol. The van der Waals surface area contributed by atoms with Crippen molar-refractivity contribution in [3.63, 3.8) is 0 Å². The van der Waals surface area contributed by atoms with Crippen LogP contribution in [0.1, 0.15) is 49.7 Å². The third-order valence-corrected chi connectivity index (χ3v) is 6.48. The number of hydrogen-bond donors (Lipinski definition) is 1. The highest BCUT2D eigenvalue weighted by atomic mass is 16.6. The van der Waals surface area contributed by atoms with E-state index in [1.165, 1.54) is 63.2 Å². The number of non-ortho nitro benzene ring substituents is 1. The molecule has 8 nitrogen and oxygen atoms in total. The molecule has 0 spiro atoms. The summed E-state index contributed by atoms with van der Waals surface area (Å²) in [5.41, 5.74) is 8.84. The molecule has 2 N–H and O–H groups in total. The van der Waals surface area contributed by atoms with Crippen LogP contribution in [0.15, 0.2) is 36.4 Å². The molecule has 8 heteroatoms. The van der Waals surface area contributed by atoms with E-state index in [1.807, 2.05) is 12.1 Å². The molecule has 2 heterocycles. The fourth-order valence-electron chi connectivity index (χ4n) is 4.59. The van der Waals surface area contributed by atoms with E-state index >= 15 is 0 Å². The van der Waals surface area contributed by atoms with E-state index in [9.17, 15) is 10.1 Å². The third-order valence-electron chi connectivity index (χ3n) is 6.48. The lowest BCUT2D eigenvalue weighted by atomic mass is 10.1. The molecule has 0 unspecified atom stereocenters. The minimum absolute atomic E-state index is 0.0780. The molecule has 2 aliphatic rings. The van der Waals surface area contributed by atoms with Crippen molar-refractivity contribution in [1.82, 2.24) is 9.80 Å². The second-order valence-corrected chi connectivity index (χ2v) is 9.00. The molecule has 2 aromatic carbocycles. The van der Waals surface area contributed by atoms with Crippen LogP contribution in [0, 0.1) is 10.1 Å². The van der Waals surface area contributed by atoms with Crippen molar-refractivity contribution in [3.05, 3.63) is 57.6 Å². The quantitative estimate of drug-likeness (QED) is 0.351. The topological polar surface area (TPSA) is 94.1 Å². The van der Waals surface area contributed by atoms with E-state index < -0.39 is 4.92 Å². The number of nitro groups is 1. The second kappa shape index (κ2) is 13.2. The van der Waals surface area contributed by atoms with Crippen molar-refractivity contribution in [2.45, 2.75) is 51.6 Å². The normalized spacial score (nSPS) is 16.9. The van der Waals surface area contributed by atoms with Gasteiger partial charge in [0.2, 0.25) is 0 Å². The summed E-state index contributed by atoms with van der Waals surface area (Å²) in [4.78, 5) is 15.2. The van der Waals surface area contributed by atoms with Crippen LogP contribution in [0.4, 0.5) is 11.4 Å². The van der Waals surface area contributed by atoms with Crippen LogP contribution in [0.5, 0.6) is 11.5 Å². The van der Waals surface area contributed by atoms with E-state index in [-0.39, 0.29) is 5.69 Å². The number of nitrogens with zero attached hydrogens (tertiary/aromatic N) is 3. The van der Waals surface area contributed by atoms with Crippen molar-refractivity contribution in [1.29, 1.82) is 0 Å². The monoisotopic (exact) mass is 470 g/mol. The van der Waals surface area contributed by atoms with E-state index in [2.05, 4.69) is 15.9 Å². The maximum Gasteiger partial charge on any atom is 0.273 e. The van der Waals surface area contributed by atoms with E-state index in [0.717, 1.165) is 43.2 Å². The smallest absolute Gasteiger partial charge is 0.273 e. The Morgan fingerprint density at radius 2 is 1.26 bits per heavy atom. The summed E-state index contributed by atoms with van der Waals surface area (Å²) < 4.78 is 10.6. The Morgan fingerprint density at radius 1 is 0.794 bits per heavy atom. The second-order valence-electron chi connectivity index (χ2n) is 9.00. The molecule has 4 rings (SSSR count). The molecule has 2 fully saturated rings. The molecule has 0 atom stereocenters. The molecule has 0 radical (unpaired) electrons. The Labute approximate surface area is 202 Å². The van der Waals surface area contributed by atoms with Crippen LogP contribution >= 0.6 is 0 Å². The lowest BCUT2D eigenvalue weighted by molar-refractivity contribution is -0.384. The van der Waals surface area contributed by atoms with Crippen LogP contribution in [0.3, 0.4) is 0 Å². The highest BCUT2D eigenvalue weighted by Crippen LogP contribution is 2.27. The Morgan fingerprint density at radius 3 is 1.74 bits per heavy atom. The first-order valence-electron chi connectivity index (χ1n) is 12.2. The minimum atomic E-state index is -0.396. The molecular weight excluding hydrogens is 432 g/mol. The molecule has 34 heavy (non-hydrogen) atoms. The van der Waals surface area contributed by atoms with Gasteiger partial charge < -0.3 is 15.2 Å². The fourth-order valence-corrected chi connectivity index (χ4v) is 4.59. The molecule has 0 amide bonds. The number of anilines is 1. The number of rotatable bonds is 7. The lowest BCUT2D eigenvalue weighted by Gasteiger charge is -2.27. The number of nitro benzene ring substituents is 1. The van der Waals surface area contributed by atoms with Crippen LogP contribution in [-0.4, -0.2) is 55.1 Å². The first-order chi connectivity index (χ1) is 16.5. The molecule has 0 aliphatic carbocycles. The SMILES string of the molecule is COc1cc(N)ccc1CN1CCCCC1.COc1cc([N+](=O)[O-])ccc1CN1CCCCC1. The summed E-state index contributed by atoms with van der Waals surface area (Å²) in [6.07, 6.45) is 7.77. The zero-order valence-corrected chi connectivity index (χ0v) is 20.5. The van der Waals surface area contributed by atoms with Gasteiger partial charge in [-0.05, 0) is 64.0 Å². The number of nitrogens with two attached hydrogens (primary N) is 1. The standard InChI is InChI=1S/C13H18N2O3.C13H20N2O/c1-18-13-9-12(15(16)17)6-5-11(13)10-14-7-3-2-4-8-14;1-16-13-9-12(14)6-5-11(13)10-15-7-3-2-4-8-15/h5-6,9H,2-4,7-8,10H2,1H3;5-6,9H,2-4,7-8,10,14H2,1H3. The van der Waals surface area contributed by atoms with Crippen molar-refractivity contribution < 1.29 is 14.4 Å². The first-order valence-corrected chi connectivity index (χ1v) is 12.2. The molecule has 0 bridgehead atoms. The zero-order valence-electron chi connectivity index (χ0n) is 20.5. The van der Waals surface area contributed by atoms with Crippen molar-refractivity contribution in [3.8, 4) is 11.5 Å². The first kappa shape index (κ1) is 25.8. The summed E-state index contributed by atoms with van der Waals surface area (Å²) >= 11 is 0. The van der Waals surface area contributed by atoms with E-state index in [1.54, 1.807) is 26.4 Å². The van der Waals surface area contributed by atoms with Crippen LogP contribution in [-0.2, 0) is 13.1 Å². The average molecular weight is 471 g/mol. The molecular formula is C26H38N4O4. The van der Waals surface area contributed by atoms with Gasteiger partial charge in [-0.1, -0.05) is 18.9 Å². The Kier molecular flexibility index (Phi) is 9.97. The maximum absolute atomic E-state index is 10.7. The van der Waals surface area contributed by atoms with Gasteiger partial charge in [-0.2, -0.15) is 0 Å². The number of benzene rings is 2. The molecule has 2 saturated heterocycles. The Bertz CT molecular complexity index is 925. The van der Waals surface area contributed by atoms with Gasteiger partial charge in [0.05, 0.1) is 25.2 Å².